The first kappa shape index (κ1) is 20.4. The van der Waals surface area contributed by atoms with Gasteiger partial charge in [-0.1, -0.05) is 0 Å². The van der Waals surface area contributed by atoms with Gasteiger partial charge >= 0.3 is 31.1 Å². The molecule has 0 unspecified atom stereocenters. The van der Waals surface area contributed by atoms with E-state index in [1.165, 1.54) is 0 Å². The molecule has 116 valence electrons. The molecule has 0 rings (SSSR count). The lowest BCUT2D eigenvalue weighted by Crippen LogP contribution is -2.33. The third-order valence-electron chi connectivity index (χ3n) is 0.969. The lowest BCUT2D eigenvalue weighted by molar-refractivity contribution is -0.0449. The number of hydrogen-bond donors (Lipinski definition) is 2. The number of sulfonamides is 2. The van der Waals surface area contributed by atoms with E-state index < -0.39 is 31.1 Å². The predicted octanol–water partition coefficient (Wildman–Crippen LogP) is -0.187. The summed E-state index contributed by atoms with van der Waals surface area (Å²) in [5, 5.41) is 15.0. The van der Waals surface area contributed by atoms with Crippen LogP contribution in [0.2, 0.25) is 0 Å². The van der Waals surface area contributed by atoms with Crippen LogP contribution < -0.4 is 9.44 Å². The topological polar surface area (TPSA) is 140 Å². The van der Waals surface area contributed by atoms with E-state index in [1.54, 1.807) is 0 Å². The van der Waals surface area contributed by atoms with Gasteiger partial charge < -0.3 is 0 Å². The minimum absolute atomic E-state index is 0.615. The van der Waals surface area contributed by atoms with Gasteiger partial charge in [0, 0.05) is 0 Å². The largest absolute Gasteiger partial charge is 0.517 e. The monoisotopic (exact) mass is 348 g/mol. The molecule has 0 aliphatic heterocycles. The molecule has 0 saturated heterocycles. The molecule has 0 saturated carbocycles. The van der Waals surface area contributed by atoms with Crippen molar-refractivity contribution in [1.29, 1.82) is 10.5 Å². The number of nitriles is 2. The standard InChI is InChI=1S/2C2HF3N2O2S/c2*3-2(4,5)10(8,9)7-1-6/h2*7H. The molecule has 8 nitrogen and oxygen atoms in total. The minimum atomic E-state index is -5.46. The van der Waals surface area contributed by atoms with Crippen molar-refractivity contribution >= 4 is 20.0 Å². The molecule has 0 heterocycles. The number of alkyl halides is 6. The SMILES string of the molecule is N#CNS(=O)(=O)C(F)(F)F.N#CNS(=O)(=O)C(F)(F)F. The van der Waals surface area contributed by atoms with Crippen LogP contribution in [-0.2, 0) is 20.0 Å². The smallest absolute Gasteiger partial charge is 0.212 e. The van der Waals surface area contributed by atoms with Crippen molar-refractivity contribution < 1.29 is 43.2 Å². The number of hydrogen-bond acceptors (Lipinski definition) is 6. The highest BCUT2D eigenvalue weighted by Gasteiger charge is 2.46. The molecular formula is C4H2F6N4O4S2. The van der Waals surface area contributed by atoms with Crippen LogP contribution in [0.15, 0.2) is 0 Å². The molecular weight excluding hydrogens is 346 g/mol. The van der Waals surface area contributed by atoms with Gasteiger partial charge in [-0.25, -0.2) is 9.44 Å². The van der Waals surface area contributed by atoms with E-state index in [1.807, 2.05) is 0 Å². The summed E-state index contributed by atoms with van der Waals surface area (Å²) >= 11 is 0. The predicted molar refractivity (Wildman–Crippen MR) is 47.4 cm³/mol. The van der Waals surface area contributed by atoms with Crippen LogP contribution in [0.1, 0.15) is 0 Å². The highest BCUT2D eigenvalue weighted by Crippen LogP contribution is 2.21. The molecule has 0 aliphatic rings. The Balaban J connectivity index is 0. The van der Waals surface area contributed by atoms with Crippen LogP contribution >= 0.6 is 0 Å². The zero-order valence-corrected chi connectivity index (χ0v) is 10.2. The van der Waals surface area contributed by atoms with Crippen molar-refractivity contribution in [1.82, 2.24) is 9.44 Å². The quantitative estimate of drug-likeness (QED) is 0.403. The van der Waals surface area contributed by atoms with Crippen LogP contribution in [0.4, 0.5) is 26.3 Å². The molecule has 0 fully saturated rings. The molecule has 0 amide bonds. The maximum atomic E-state index is 11.2. The minimum Gasteiger partial charge on any atom is -0.212 e. The zero-order valence-electron chi connectivity index (χ0n) is 8.61. The van der Waals surface area contributed by atoms with E-state index in [0.29, 0.717) is 21.8 Å². The van der Waals surface area contributed by atoms with Gasteiger partial charge in [0.2, 0.25) is 0 Å². The van der Waals surface area contributed by atoms with Gasteiger partial charge in [0.05, 0.1) is 0 Å². The summed E-state index contributed by atoms with van der Waals surface area (Å²) in [6.45, 7) is 0. The average molecular weight is 348 g/mol. The summed E-state index contributed by atoms with van der Waals surface area (Å²) in [6.07, 6.45) is 1.31. The van der Waals surface area contributed by atoms with Crippen molar-refractivity contribution in [3.8, 4) is 12.4 Å². The lowest BCUT2D eigenvalue weighted by Gasteiger charge is -2.02. The Bertz CT molecular complexity index is 549. The number of rotatable bonds is 2. The van der Waals surface area contributed by atoms with Crippen LogP contribution in [0.25, 0.3) is 0 Å². The summed E-state index contributed by atoms with van der Waals surface area (Å²) in [5.74, 6) is 0. The molecule has 0 aromatic carbocycles. The first-order valence-corrected chi connectivity index (χ1v) is 6.53. The Labute approximate surface area is 107 Å². The summed E-state index contributed by atoms with van der Waals surface area (Å²) in [6, 6.07) is 0. The van der Waals surface area contributed by atoms with Gasteiger partial charge in [0.25, 0.3) is 0 Å². The van der Waals surface area contributed by atoms with Gasteiger partial charge in [-0.2, -0.15) is 53.7 Å². The molecule has 0 aliphatic carbocycles. The fourth-order valence-electron chi connectivity index (χ4n) is 0.236. The van der Waals surface area contributed by atoms with Crippen LogP contribution in [-0.4, -0.2) is 27.9 Å². The second-order valence-corrected chi connectivity index (χ2v) is 5.67. The van der Waals surface area contributed by atoms with E-state index in [0.717, 1.165) is 0 Å². The second kappa shape index (κ2) is 6.48. The number of nitrogens with zero attached hydrogens (tertiary/aromatic N) is 2. The summed E-state index contributed by atoms with van der Waals surface area (Å²) < 4.78 is 108. The Morgan fingerprint density at radius 2 is 0.900 bits per heavy atom. The highest BCUT2D eigenvalue weighted by atomic mass is 32.2. The molecule has 16 heteroatoms. The van der Waals surface area contributed by atoms with Crippen LogP contribution in [0.3, 0.4) is 0 Å². The van der Waals surface area contributed by atoms with Crippen molar-refractivity contribution in [2.45, 2.75) is 11.0 Å². The Hall–Kier alpha value is -1.94. The molecule has 0 spiro atoms. The summed E-state index contributed by atoms with van der Waals surface area (Å²) in [7, 11) is -10.9. The van der Waals surface area contributed by atoms with E-state index >= 15 is 0 Å². The van der Waals surface area contributed by atoms with Gasteiger partial charge in [-0.05, 0) is 0 Å². The number of nitrogens with one attached hydrogen (secondary N) is 2. The van der Waals surface area contributed by atoms with E-state index in [2.05, 4.69) is 0 Å². The molecule has 0 radical (unpaired) electrons. The Morgan fingerprint density at radius 1 is 0.700 bits per heavy atom. The van der Waals surface area contributed by atoms with Crippen molar-refractivity contribution in [2.24, 2.45) is 0 Å². The van der Waals surface area contributed by atoms with Gasteiger partial charge in [0.1, 0.15) is 0 Å². The maximum absolute atomic E-state index is 11.2. The van der Waals surface area contributed by atoms with E-state index in [-0.39, 0.29) is 0 Å². The molecule has 0 aromatic heterocycles. The molecule has 20 heavy (non-hydrogen) atoms. The van der Waals surface area contributed by atoms with Crippen molar-refractivity contribution in [3.05, 3.63) is 0 Å². The maximum Gasteiger partial charge on any atom is 0.517 e. The highest BCUT2D eigenvalue weighted by molar-refractivity contribution is 7.90. The zero-order chi connectivity index (χ0) is 16.8. The van der Waals surface area contributed by atoms with Crippen LogP contribution in [0, 0.1) is 22.9 Å². The molecule has 0 atom stereocenters. The van der Waals surface area contributed by atoms with Crippen LogP contribution in [0.5, 0.6) is 0 Å². The normalized spacial score (nSPS) is 12.2. The fraction of sp³-hybridized carbons (Fsp3) is 0.500. The van der Waals surface area contributed by atoms with Crippen molar-refractivity contribution in [3.63, 3.8) is 0 Å². The van der Waals surface area contributed by atoms with E-state index in [9.17, 15) is 43.2 Å². The van der Waals surface area contributed by atoms with Gasteiger partial charge in [-0.15, -0.1) is 0 Å². The fourth-order valence-corrected chi connectivity index (χ4v) is 0.708. The third kappa shape index (κ3) is 6.29. The van der Waals surface area contributed by atoms with Gasteiger partial charge in [-0.3, -0.25) is 0 Å². The Kier molecular flexibility index (Phi) is 6.60. The average Bonchev–Trinajstić information content (AvgIpc) is 2.14. The third-order valence-corrected chi connectivity index (χ3v) is 2.91. The summed E-state index contributed by atoms with van der Waals surface area (Å²) in [5.41, 5.74) is -10.8. The molecule has 0 aromatic rings. The first-order chi connectivity index (χ1) is 8.62. The van der Waals surface area contributed by atoms with Crippen molar-refractivity contribution in [2.75, 3.05) is 0 Å². The number of halogens is 6. The van der Waals surface area contributed by atoms with Gasteiger partial charge in [0.15, 0.2) is 12.4 Å². The first-order valence-electron chi connectivity index (χ1n) is 3.56. The second-order valence-electron chi connectivity index (χ2n) is 2.33. The molecule has 2 N–H and O–H groups in total. The van der Waals surface area contributed by atoms with E-state index in [4.69, 9.17) is 10.5 Å². The molecule has 0 bridgehead atoms. The Morgan fingerprint density at radius 3 is 0.950 bits per heavy atom. The lowest BCUT2D eigenvalue weighted by atomic mass is 11.5. The summed E-state index contributed by atoms with van der Waals surface area (Å²) in [4.78, 5) is 0.